The molecule has 3 rings (SSSR count). The fourth-order valence-electron chi connectivity index (χ4n) is 3.31. The number of fused-ring (bicyclic) bond motifs is 1. The number of carbonyl (C=O) groups is 2. The maximum atomic E-state index is 14.1. The molecule has 0 fully saturated rings. The summed E-state index contributed by atoms with van der Waals surface area (Å²) in [5.41, 5.74) is 1.82. The number of nitrogens with one attached hydrogen (secondary N) is 2. The molecule has 1 aromatic heterocycles. The van der Waals surface area contributed by atoms with E-state index in [1.54, 1.807) is 0 Å². The van der Waals surface area contributed by atoms with Crippen LogP contribution in [0.4, 0.5) is 14.9 Å². The molecule has 0 unspecified atom stereocenters. The van der Waals surface area contributed by atoms with Gasteiger partial charge in [-0.25, -0.2) is 14.2 Å². The lowest BCUT2D eigenvalue weighted by Crippen LogP contribution is -2.21. The van der Waals surface area contributed by atoms with Crippen LogP contribution in [0.15, 0.2) is 48.7 Å². The second-order valence-corrected chi connectivity index (χ2v) is 7.31. The van der Waals surface area contributed by atoms with Crippen molar-refractivity contribution in [1.82, 2.24) is 15.2 Å². The highest BCUT2D eigenvalue weighted by Gasteiger charge is 2.13. The first-order valence-corrected chi connectivity index (χ1v) is 10.5. The summed E-state index contributed by atoms with van der Waals surface area (Å²) in [7, 11) is 1.42. The summed E-state index contributed by atoms with van der Waals surface area (Å²) in [4.78, 5) is 29.7. The van der Waals surface area contributed by atoms with Crippen molar-refractivity contribution < 1.29 is 18.7 Å². The van der Waals surface area contributed by atoms with Gasteiger partial charge in [0.25, 0.3) is 5.91 Å². The Morgan fingerprint density at radius 3 is 2.31 bits per heavy atom. The minimum absolute atomic E-state index is 0.0361. The van der Waals surface area contributed by atoms with Gasteiger partial charge in [-0.3, -0.25) is 15.0 Å². The summed E-state index contributed by atoms with van der Waals surface area (Å²) in [5.74, 6) is -1.30. The highest BCUT2D eigenvalue weighted by Crippen LogP contribution is 2.20. The zero-order chi connectivity index (χ0) is 23.1. The third kappa shape index (κ3) is 5.79. The Kier molecular flexibility index (Phi) is 7.72. The van der Waals surface area contributed by atoms with E-state index in [1.807, 2.05) is 18.2 Å². The monoisotopic (exact) mass is 438 g/mol. The fraction of sp³-hybridized carbons (Fsp3) is 0.292. The summed E-state index contributed by atoms with van der Waals surface area (Å²) in [6.45, 7) is 7.25. The standard InChI is InChI=1S/C24H27FN4O3/c1-4-29(5-2)14-16-6-8-19-11-17(7-9-18(19)10-16)15-32-24(31)28-22-13-27-21(12-20(22)25)23(30)26-3/h6-13H,4-5,14-15H2,1-3H3,(H,26,30)(H,28,31). The average Bonchev–Trinajstić information content (AvgIpc) is 2.81. The lowest BCUT2D eigenvalue weighted by Gasteiger charge is -2.18. The number of rotatable bonds is 8. The molecule has 2 N–H and O–H groups in total. The van der Waals surface area contributed by atoms with E-state index in [9.17, 15) is 14.0 Å². The number of hydrogen-bond acceptors (Lipinski definition) is 5. The van der Waals surface area contributed by atoms with Gasteiger partial charge in [0.1, 0.15) is 12.3 Å². The molecule has 1 heterocycles. The molecule has 2 aromatic carbocycles. The Balaban J connectivity index is 1.60. The summed E-state index contributed by atoms with van der Waals surface area (Å²) >= 11 is 0. The molecule has 0 bridgehead atoms. The highest BCUT2D eigenvalue weighted by atomic mass is 19.1. The summed E-state index contributed by atoms with van der Waals surface area (Å²) in [6.07, 6.45) is 0.264. The number of amides is 2. The van der Waals surface area contributed by atoms with Crippen LogP contribution in [0.2, 0.25) is 0 Å². The Hall–Kier alpha value is -3.52. The zero-order valence-corrected chi connectivity index (χ0v) is 18.4. The molecule has 0 spiro atoms. The zero-order valence-electron chi connectivity index (χ0n) is 18.4. The highest BCUT2D eigenvalue weighted by molar-refractivity contribution is 5.93. The molecule has 0 saturated heterocycles. The van der Waals surface area contributed by atoms with Crippen molar-refractivity contribution in [1.29, 1.82) is 0 Å². The van der Waals surface area contributed by atoms with Gasteiger partial charge in [-0.15, -0.1) is 0 Å². The molecule has 3 aromatic rings. The van der Waals surface area contributed by atoms with Crippen LogP contribution in [0.5, 0.6) is 0 Å². The smallest absolute Gasteiger partial charge is 0.412 e. The predicted molar refractivity (Wildman–Crippen MR) is 122 cm³/mol. The number of aromatic nitrogens is 1. The summed E-state index contributed by atoms with van der Waals surface area (Å²) in [6, 6.07) is 13.2. The topological polar surface area (TPSA) is 83.6 Å². The number of pyridine rings is 1. The third-order valence-electron chi connectivity index (χ3n) is 5.19. The van der Waals surface area contributed by atoms with E-state index in [1.165, 1.54) is 12.6 Å². The van der Waals surface area contributed by atoms with Crippen molar-refractivity contribution in [3.63, 3.8) is 0 Å². The van der Waals surface area contributed by atoms with Gasteiger partial charge in [-0.05, 0) is 47.1 Å². The predicted octanol–water partition coefficient (Wildman–Crippen LogP) is 4.32. The van der Waals surface area contributed by atoms with E-state index in [4.69, 9.17) is 4.74 Å². The molecular formula is C24H27FN4O3. The van der Waals surface area contributed by atoms with E-state index >= 15 is 0 Å². The number of carbonyl (C=O) groups excluding carboxylic acids is 2. The van der Waals surface area contributed by atoms with E-state index in [2.05, 4.69) is 52.6 Å². The molecule has 0 saturated carbocycles. The van der Waals surface area contributed by atoms with Crippen LogP contribution in [0, 0.1) is 5.82 Å². The van der Waals surface area contributed by atoms with Gasteiger partial charge < -0.3 is 10.1 Å². The first kappa shape index (κ1) is 23.1. The fourth-order valence-corrected chi connectivity index (χ4v) is 3.31. The molecular weight excluding hydrogens is 411 g/mol. The van der Waals surface area contributed by atoms with Crippen molar-refractivity contribution in [2.75, 3.05) is 25.5 Å². The van der Waals surface area contributed by atoms with E-state index in [0.717, 1.165) is 48.2 Å². The quantitative estimate of drug-likeness (QED) is 0.547. The van der Waals surface area contributed by atoms with E-state index in [0.29, 0.717) is 0 Å². The summed E-state index contributed by atoms with van der Waals surface area (Å²) in [5, 5.41) is 6.83. The van der Waals surface area contributed by atoms with Crippen LogP contribution in [0.3, 0.4) is 0 Å². The Bertz CT molecular complexity index is 1120. The number of anilines is 1. The SMILES string of the molecule is CCN(CC)Cc1ccc2cc(COC(=O)Nc3cnc(C(=O)NC)cc3F)ccc2c1. The molecule has 0 aliphatic carbocycles. The van der Waals surface area contributed by atoms with Crippen LogP contribution in [0.25, 0.3) is 10.8 Å². The maximum absolute atomic E-state index is 14.1. The molecule has 168 valence electrons. The van der Waals surface area contributed by atoms with Crippen LogP contribution in [-0.4, -0.2) is 42.0 Å². The minimum atomic E-state index is -0.812. The normalized spacial score (nSPS) is 10.9. The largest absolute Gasteiger partial charge is 0.444 e. The van der Waals surface area contributed by atoms with E-state index < -0.39 is 17.8 Å². The van der Waals surface area contributed by atoms with Crippen molar-refractivity contribution in [3.8, 4) is 0 Å². The number of ether oxygens (including phenoxy) is 1. The first-order chi connectivity index (χ1) is 15.4. The van der Waals surface area contributed by atoms with Gasteiger partial charge in [-0.1, -0.05) is 38.1 Å². The molecule has 0 aliphatic rings. The molecule has 0 radical (unpaired) electrons. The van der Waals surface area contributed by atoms with Gasteiger partial charge in [0.2, 0.25) is 0 Å². The molecule has 0 atom stereocenters. The van der Waals surface area contributed by atoms with Crippen molar-refractivity contribution >= 4 is 28.5 Å². The molecule has 2 amide bonds. The minimum Gasteiger partial charge on any atom is -0.444 e. The van der Waals surface area contributed by atoms with Gasteiger partial charge >= 0.3 is 6.09 Å². The van der Waals surface area contributed by atoms with Crippen molar-refractivity contribution in [3.05, 3.63) is 71.3 Å². The number of hydrogen-bond donors (Lipinski definition) is 2. The first-order valence-electron chi connectivity index (χ1n) is 10.5. The Morgan fingerprint density at radius 1 is 1.03 bits per heavy atom. The maximum Gasteiger partial charge on any atom is 0.412 e. The van der Waals surface area contributed by atoms with Gasteiger partial charge in [-0.2, -0.15) is 0 Å². The molecule has 32 heavy (non-hydrogen) atoms. The van der Waals surface area contributed by atoms with Crippen molar-refractivity contribution in [2.24, 2.45) is 0 Å². The van der Waals surface area contributed by atoms with Crippen LogP contribution >= 0.6 is 0 Å². The average molecular weight is 439 g/mol. The number of benzene rings is 2. The molecule has 0 aliphatic heterocycles. The Labute approximate surface area is 186 Å². The second-order valence-electron chi connectivity index (χ2n) is 7.31. The van der Waals surface area contributed by atoms with Crippen LogP contribution in [0.1, 0.15) is 35.5 Å². The number of nitrogens with zero attached hydrogens (tertiary/aromatic N) is 2. The van der Waals surface area contributed by atoms with E-state index in [-0.39, 0.29) is 18.0 Å². The van der Waals surface area contributed by atoms with Crippen LogP contribution < -0.4 is 10.6 Å². The Morgan fingerprint density at radius 2 is 1.69 bits per heavy atom. The second kappa shape index (κ2) is 10.7. The lowest BCUT2D eigenvalue weighted by molar-refractivity contribution is 0.0957. The molecule has 7 nitrogen and oxygen atoms in total. The van der Waals surface area contributed by atoms with Crippen molar-refractivity contribution in [2.45, 2.75) is 27.0 Å². The summed E-state index contributed by atoms with van der Waals surface area (Å²) < 4.78 is 19.3. The third-order valence-corrected chi connectivity index (χ3v) is 5.19. The molecule has 8 heteroatoms. The van der Waals surface area contributed by atoms with Crippen LogP contribution in [-0.2, 0) is 17.9 Å². The lowest BCUT2D eigenvalue weighted by atomic mass is 10.0. The van der Waals surface area contributed by atoms with Gasteiger partial charge in [0.05, 0.1) is 11.9 Å². The van der Waals surface area contributed by atoms with Gasteiger partial charge in [0, 0.05) is 19.7 Å². The van der Waals surface area contributed by atoms with Gasteiger partial charge in [0.15, 0.2) is 5.82 Å². The number of halogens is 1.